The molecule has 126 valence electrons. The smallest absolute Gasteiger partial charge is 0.303 e. The SMILES string of the molecule is C/C=C/COCC1C2CCC(O2)C1CSCCCCC(=O)O. The van der Waals surface area contributed by atoms with E-state index >= 15 is 0 Å². The van der Waals surface area contributed by atoms with Crippen molar-refractivity contribution < 1.29 is 19.4 Å². The summed E-state index contributed by atoms with van der Waals surface area (Å²) in [5.74, 6) is 2.62. The third-order valence-electron chi connectivity index (χ3n) is 4.59. The zero-order valence-electron chi connectivity index (χ0n) is 13.4. The van der Waals surface area contributed by atoms with Crippen LogP contribution < -0.4 is 0 Å². The van der Waals surface area contributed by atoms with E-state index in [1.807, 2.05) is 30.8 Å². The van der Waals surface area contributed by atoms with Crippen LogP contribution in [-0.4, -0.2) is 48.0 Å². The minimum atomic E-state index is -0.690. The number of ether oxygens (including phenoxy) is 2. The second-order valence-corrected chi connectivity index (χ2v) is 7.30. The number of carboxylic acid groups (broad SMARTS) is 1. The number of carboxylic acids is 1. The number of hydrogen-bond acceptors (Lipinski definition) is 4. The molecule has 0 amide bonds. The van der Waals surface area contributed by atoms with Gasteiger partial charge in [-0.25, -0.2) is 0 Å². The molecular formula is C17H28O4S. The van der Waals surface area contributed by atoms with Crippen molar-refractivity contribution in [3.63, 3.8) is 0 Å². The molecule has 0 radical (unpaired) electrons. The van der Waals surface area contributed by atoms with Gasteiger partial charge >= 0.3 is 5.97 Å². The highest BCUT2D eigenvalue weighted by Crippen LogP contribution is 2.44. The highest BCUT2D eigenvalue weighted by Gasteiger charge is 2.48. The van der Waals surface area contributed by atoms with Crippen molar-refractivity contribution in [2.45, 2.75) is 51.2 Å². The number of rotatable bonds is 11. The number of carbonyl (C=O) groups is 1. The molecule has 4 nitrogen and oxygen atoms in total. The normalized spacial score (nSPS) is 30.4. The Kier molecular flexibility index (Phi) is 7.76. The Bertz CT molecular complexity index is 372. The van der Waals surface area contributed by atoms with Crippen molar-refractivity contribution in [1.82, 2.24) is 0 Å². The van der Waals surface area contributed by atoms with E-state index < -0.39 is 5.97 Å². The highest BCUT2D eigenvalue weighted by molar-refractivity contribution is 7.99. The van der Waals surface area contributed by atoms with Crippen LogP contribution >= 0.6 is 11.8 Å². The first-order chi connectivity index (χ1) is 10.7. The Morgan fingerprint density at radius 3 is 2.82 bits per heavy atom. The summed E-state index contributed by atoms with van der Waals surface area (Å²) in [6.07, 6.45) is 9.32. The van der Waals surface area contributed by atoms with Crippen molar-refractivity contribution >= 4 is 17.7 Å². The van der Waals surface area contributed by atoms with Gasteiger partial charge in [0.25, 0.3) is 0 Å². The maximum absolute atomic E-state index is 10.5. The van der Waals surface area contributed by atoms with Gasteiger partial charge in [-0.15, -0.1) is 0 Å². The highest BCUT2D eigenvalue weighted by atomic mass is 32.2. The third kappa shape index (κ3) is 5.28. The van der Waals surface area contributed by atoms with Gasteiger partial charge in [0.15, 0.2) is 0 Å². The van der Waals surface area contributed by atoms with Crippen LogP contribution in [0.15, 0.2) is 12.2 Å². The van der Waals surface area contributed by atoms with Crippen LogP contribution in [0, 0.1) is 11.8 Å². The molecule has 2 saturated heterocycles. The number of aliphatic carboxylic acids is 1. The average molecular weight is 328 g/mol. The maximum Gasteiger partial charge on any atom is 0.303 e. The summed E-state index contributed by atoms with van der Waals surface area (Å²) in [5, 5.41) is 8.63. The standard InChI is InChI=1S/C17H28O4S/c1-2-3-9-20-11-13-14(16-8-7-15(13)21-16)12-22-10-5-4-6-17(18)19/h2-3,13-16H,4-12H2,1H3,(H,18,19)/b3-2+. The van der Waals surface area contributed by atoms with Crippen molar-refractivity contribution in [3.8, 4) is 0 Å². The van der Waals surface area contributed by atoms with Gasteiger partial charge in [0, 0.05) is 18.3 Å². The first-order valence-electron chi connectivity index (χ1n) is 8.36. The summed E-state index contributed by atoms with van der Waals surface area (Å²) in [7, 11) is 0. The molecule has 0 saturated carbocycles. The van der Waals surface area contributed by atoms with Crippen molar-refractivity contribution in [2.75, 3.05) is 24.7 Å². The summed E-state index contributed by atoms with van der Waals surface area (Å²) in [4.78, 5) is 10.5. The molecule has 22 heavy (non-hydrogen) atoms. The first kappa shape index (κ1) is 17.8. The third-order valence-corrected chi connectivity index (χ3v) is 5.79. The Morgan fingerprint density at radius 2 is 2.09 bits per heavy atom. The Hall–Kier alpha value is -0.520. The summed E-state index contributed by atoms with van der Waals surface area (Å²) in [5.41, 5.74) is 0. The molecule has 0 aromatic carbocycles. The van der Waals surface area contributed by atoms with Crippen molar-refractivity contribution in [2.24, 2.45) is 11.8 Å². The predicted molar refractivity (Wildman–Crippen MR) is 89.3 cm³/mol. The van der Waals surface area contributed by atoms with Crippen LogP contribution in [0.3, 0.4) is 0 Å². The lowest BCUT2D eigenvalue weighted by molar-refractivity contribution is -0.137. The van der Waals surface area contributed by atoms with Gasteiger partial charge in [-0.1, -0.05) is 12.2 Å². The number of thioether (sulfide) groups is 1. The molecule has 2 aliphatic heterocycles. The molecule has 0 spiro atoms. The van der Waals surface area contributed by atoms with Gasteiger partial charge in [-0.2, -0.15) is 11.8 Å². The lowest BCUT2D eigenvalue weighted by Gasteiger charge is -2.27. The van der Waals surface area contributed by atoms with Crippen molar-refractivity contribution in [1.29, 1.82) is 0 Å². The number of allylic oxidation sites excluding steroid dienone is 1. The zero-order valence-corrected chi connectivity index (χ0v) is 14.2. The molecule has 4 unspecified atom stereocenters. The van der Waals surface area contributed by atoms with Gasteiger partial charge in [-0.05, 0) is 44.1 Å². The molecule has 2 heterocycles. The van der Waals surface area contributed by atoms with E-state index in [1.165, 1.54) is 12.8 Å². The van der Waals surface area contributed by atoms with Crippen LogP contribution in [-0.2, 0) is 14.3 Å². The summed E-state index contributed by atoms with van der Waals surface area (Å²) in [6.45, 7) is 3.50. The van der Waals surface area contributed by atoms with Crippen LogP contribution in [0.2, 0.25) is 0 Å². The topological polar surface area (TPSA) is 55.8 Å². The molecule has 1 N–H and O–H groups in total. The zero-order chi connectivity index (χ0) is 15.8. The fraction of sp³-hybridized carbons (Fsp3) is 0.824. The molecule has 0 aliphatic carbocycles. The molecule has 0 aromatic rings. The fourth-order valence-corrected chi connectivity index (χ4v) is 4.71. The van der Waals surface area contributed by atoms with E-state index in [9.17, 15) is 4.79 Å². The van der Waals surface area contributed by atoms with Crippen molar-refractivity contribution in [3.05, 3.63) is 12.2 Å². The van der Waals surface area contributed by atoms with Gasteiger partial charge in [0.05, 0.1) is 25.4 Å². The Morgan fingerprint density at radius 1 is 1.32 bits per heavy atom. The summed E-state index contributed by atoms with van der Waals surface area (Å²) < 4.78 is 11.8. The van der Waals surface area contributed by atoms with Crippen LogP contribution in [0.1, 0.15) is 39.0 Å². The molecular weight excluding hydrogens is 300 g/mol. The minimum Gasteiger partial charge on any atom is -0.481 e. The largest absolute Gasteiger partial charge is 0.481 e. The first-order valence-corrected chi connectivity index (χ1v) is 9.51. The van der Waals surface area contributed by atoms with Crippen LogP contribution in [0.25, 0.3) is 0 Å². The molecule has 4 atom stereocenters. The molecule has 2 aliphatic rings. The quantitative estimate of drug-likeness (QED) is 0.465. The van der Waals surface area contributed by atoms with E-state index in [2.05, 4.69) is 0 Å². The van der Waals surface area contributed by atoms with Gasteiger partial charge in [-0.3, -0.25) is 4.79 Å². The summed E-state index contributed by atoms with van der Waals surface area (Å²) >= 11 is 1.95. The molecule has 2 bridgehead atoms. The number of hydrogen-bond donors (Lipinski definition) is 1. The van der Waals surface area contributed by atoms with E-state index in [-0.39, 0.29) is 0 Å². The minimum absolute atomic E-state index is 0.291. The van der Waals surface area contributed by atoms with Gasteiger partial charge in [0.1, 0.15) is 0 Å². The number of fused-ring (bicyclic) bond motifs is 2. The molecule has 5 heteroatoms. The molecule has 2 rings (SSSR count). The summed E-state index contributed by atoms with van der Waals surface area (Å²) in [6, 6.07) is 0. The van der Waals surface area contributed by atoms with E-state index in [0.29, 0.717) is 37.1 Å². The number of unbranched alkanes of at least 4 members (excludes halogenated alkanes) is 1. The lowest BCUT2D eigenvalue weighted by Crippen LogP contribution is -2.32. The van der Waals surface area contributed by atoms with Crippen LogP contribution in [0.4, 0.5) is 0 Å². The maximum atomic E-state index is 10.5. The van der Waals surface area contributed by atoms with E-state index in [4.69, 9.17) is 14.6 Å². The second-order valence-electron chi connectivity index (χ2n) is 6.15. The lowest BCUT2D eigenvalue weighted by atomic mass is 9.81. The average Bonchev–Trinajstić information content (AvgIpc) is 3.08. The molecule has 2 fully saturated rings. The fourth-order valence-electron chi connectivity index (χ4n) is 3.40. The Labute approximate surface area is 137 Å². The van der Waals surface area contributed by atoms with Crippen LogP contribution in [0.5, 0.6) is 0 Å². The monoisotopic (exact) mass is 328 g/mol. The van der Waals surface area contributed by atoms with E-state index in [1.54, 1.807) is 0 Å². The van der Waals surface area contributed by atoms with Gasteiger partial charge < -0.3 is 14.6 Å². The molecule has 0 aromatic heterocycles. The second kappa shape index (κ2) is 9.58. The Balaban J connectivity index is 1.65. The van der Waals surface area contributed by atoms with E-state index in [0.717, 1.165) is 31.0 Å². The predicted octanol–water partition coefficient (Wildman–Crippen LogP) is 3.36. The van der Waals surface area contributed by atoms with Gasteiger partial charge in [0.2, 0.25) is 0 Å².